The van der Waals surface area contributed by atoms with Crippen molar-refractivity contribution >= 4 is 17.5 Å². The maximum atomic E-state index is 11.0. The van der Waals surface area contributed by atoms with E-state index in [9.17, 15) is 10.1 Å². The molecular formula is C13H21N5O3. The van der Waals surface area contributed by atoms with Crippen molar-refractivity contribution in [2.75, 3.05) is 36.9 Å². The smallest absolute Gasteiger partial charge is 0.329 e. The Labute approximate surface area is 123 Å². The summed E-state index contributed by atoms with van der Waals surface area (Å²) >= 11 is 0. The third-order valence-electron chi connectivity index (χ3n) is 3.40. The van der Waals surface area contributed by atoms with Crippen LogP contribution < -0.4 is 10.6 Å². The van der Waals surface area contributed by atoms with Crippen molar-refractivity contribution in [1.29, 1.82) is 0 Å². The fourth-order valence-corrected chi connectivity index (χ4v) is 2.15. The number of aromatic nitrogens is 2. The molecule has 2 heterocycles. The largest absolute Gasteiger partial charge is 0.381 e. The number of rotatable bonds is 7. The Hall–Kier alpha value is -1.96. The molecule has 1 aromatic heterocycles. The van der Waals surface area contributed by atoms with Crippen LogP contribution in [0, 0.1) is 16.0 Å². The lowest BCUT2D eigenvalue weighted by molar-refractivity contribution is -0.384. The molecule has 0 radical (unpaired) electrons. The summed E-state index contributed by atoms with van der Waals surface area (Å²) in [5.41, 5.74) is -0.0934. The minimum absolute atomic E-state index is 0.0934. The van der Waals surface area contributed by atoms with Gasteiger partial charge in [0.2, 0.25) is 11.8 Å². The Kier molecular flexibility index (Phi) is 5.68. The van der Waals surface area contributed by atoms with Gasteiger partial charge in [-0.25, -0.2) is 4.98 Å². The van der Waals surface area contributed by atoms with Crippen LogP contribution in [0.15, 0.2) is 6.20 Å². The number of ether oxygens (including phenoxy) is 1. The number of anilines is 2. The summed E-state index contributed by atoms with van der Waals surface area (Å²) in [5.74, 6) is 1.15. The minimum atomic E-state index is -0.462. The van der Waals surface area contributed by atoms with Crippen molar-refractivity contribution in [3.8, 4) is 0 Å². The predicted molar refractivity (Wildman–Crippen MR) is 79.5 cm³/mol. The van der Waals surface area contributed by atoms with Crippen LogP contribution in [0.3, 0.4) is 0 Å². The summed E-state index contributed by atoms with van der Waals surface area (Å²) in [4.78, 5) is 18.8. The zero-order valence-electron chi connectivity index (χ0n) is 12.2. The van der Waals surface area contributed by atoms with Crippen molar-refractivity contribution in [3.05, 3.63) is 16.3 Å². The monoisotopic (exact) mass is 295 g/mol. The Balaban J connectivity index is 2.04. The fourth-order valence-electron chi connectivity index (χ4n) is 2.15. The van der Waals surface area contributed by atoms with Gasteiger partial charge in [-0.2, -0.15) is 4.98 Å². The van der Waals surface area contributed by atoms with Crippen LogP contribution in [0.4, 0.5) is 17.5 Å². The van der Waals surface area contributed by atoms with Crippen LogP contribution in [0.2, 0.25) is 0 Å². The number of hydrogen-bond acceptors (Lipinski definition) is 7. The molecule has 8 nitrogen and oxygen atoms in total. The van der Waals surface area contributed by atoms with E-state index >= 15 is 0 Å². The number of nitrogens with zero attached hydrogens (tertiary/aromatic N) is 3. The van der Waals surface area contributed by atoms with Crippen LogP contribution in [-0.4, -0.2) is 41.2 Å². The SMILES string of the molecule is CCCNc1ncc([N+](=O)[O-])c(NCC2CCOCC2)n1. The summed E-state index contributed by atoms with van der Waals surface area (Å²) in [6.45, 7) is 4.93. The molecule has 0 amide bonds. The molecule has 2 N–H and O–H groups in total. The van der Waals surface area contributed by atoms with Gasteiger partial charge in [0.15, 0.2) is 0 Å². The lowest BCUT2D eigenvalue weighted by Crippen LogP contribution is -2.23. The predicted octanol–water partition coefficient (Wildman–Crippen LogP) is 2.05. The zero-order chi connectivity index (χ0) is 15.1. The minimum Gasteiger partial charge on any atom is -0.381 e. The number of nitro groups is 1. The molecule has 0 aliphatic carbocycles. The summed E-state index contributed by atoms with van der Waals surface area (Å²) < 4.78 is 5.31. The second-order valence-electron chi connectivity index (χ2n) is 5.05. The third kappa shape index (κ3) is 4.52. The molecule has 2 rings (SSSR count). The standard InChI is InChI=1S/C13H21N5O3/c1-2-5-14-13-16-9-11(18(19)20)12(17-13)15-8-10-3-6-21-7-4-10/h9-10H,2-8H2,1H3,(H2,14,15,16,17). The topological polar surface area (TPSA) is 102 Å². The second-order valence-corrected chi connectivity index (χ2v) is 5.05. The van der Waals surface area contributed by atoms with Gasteiger partial charge < -0.3 is 15.4 Å². The van der Waals surface area contributed by atoms with E-state index in [2.05, 4.69) is 20.6 Å². The first-order valence-electron chi connectivity index (χ1n) is 7.27. The molecule has 1 aliphatic rings. The van der Waals surface area contributed by atoms with E-state index in [0.717, 1.165) is 39.0 Å². The number of nitrogens with one attached hydrogen (secondary N) is 2. The molecular weight excluding hydrogens is 274 g/mol. The molecule has 0 bridgehead atoms. The highest BCUT2D eigenvalue weighted by atomic mass is 16.6. The molecule has 0 atom stereocenters. The van der Waals surface area contributed by atoms with Crippen molar-refractivity contribution in [2.45, 2.75) is 26.2 Å². The number of hydrogen-bond donors (Lipinski definition) is 2. The van der Waals surface area contributed by atoms with Gasteiger partial charge in [-0.05, 0) is 25.2 Å². The van der Waals surface area contributed by atoms with E-state index in [4.69, 9.17) is 4.74 Å². The van der Waals surface area contributed by atoms with E-state index in [-0.39, 0.29) is 11.5 Å². The van der Waals surface area contributed by atoms with Crippen molar-refractivity contribution in [1.82, 2.24) is 9.97 Å². The summed E-state index contributed by atoms with van der Waals surface area (Å²) in [7, 11) is 0. The molecule has 1 saturated heterocycles. The van der Waals surface area contributed by atoms with Crippen LogP contribution >= 0.6 is 0 Å². The van der Waals surface area contributed by atoms with Crippen molar-refractivity contribution in [3.63, 3.8) is 0 Å². The van der Waals surface area contributed by atoms with E-state index < -0.39 is 4.92 Å². The van der Waals surface area contributed by atoms with Crippen LogP contribution in [0.25, 0.3) is 0 Å². The molecule has 1 aromatic rings. The molecule has 0 spiro atoms. The second kappa shape index (κ2) is 7.72. The van der Waals surface area contributed by atoms with Gasteiger partial charge >= 0.3 is 5.69 Å². The van der Waals surface area contributed by atoms with Crippen LogP contribution in [0.1, 0.15) is 26.2 Å². The Morgan fingerprint density at radius 1 is 1.43 bits per heavy atom. The van der Waals surface area contributed by atoms with Crippen LogP contribution in [-0.2, 0) is 4.74 Å². The molecule has 116 valence electrons. The first kappa shape index (κ1) is 15.4. The molecule has 0 aromatic carbocycles. The molecule has 0 unspecified atom stereocenters. The van der Waals surface area contributed by atoms with E-state index in [1.54, 1.807) is 0 Å². The van der Waals surface area contributed by atoms with Gasteiger partial charge in [-0.3, -0.25) is 10.1 Å². The zero-order valence-corrected chi connectivity index (χ0v) is 12.2. The molecule has 0 saturated carbocycles. The summed E-state index contributed by atoms with van der Waals surface area (Å²) in [6, 6.07) is 0. The third-order valence-corrected chi connectivity index (χ3v) is 3.40. The van der Waals surface area contributed by atoms with E-state index in [1.165, 1.54) is 6.20 Å². The first-order valence-corrected chi connectivity index (χ1v) is 7.27. The average molecular weight is 295 g/mol. The molecule has 8 heteroatoms. The maximum absolute atomic E-state index is 11.0. The molecule has 21 heavy (non-hydrogen) atoms. The van der Waals surface area contributed by atoms with Crippen molar-refractivity contribution in [2.24, 2.45) is 5.92 Å². The van der Waals surface area contributed by atoms with E-state index in [0.29, 0.717) is 18.4 Å². The Bertz CT molecular complexity index is 477. The van der Waals surface area contributed by atoms with Gasteiger partial charge in [-0.1, -0.05) is 6.92 Å². The lowest BCUT2D eigenvalue weighted by Gasteiger charge is -2.22. The fraction of sp³-hybridized carbons (Fsp3) is 0.692. The van der Waals surface area contributed by atoms with Crippen LogP contribution in [0.5, 0.6) is 0 Å². The Morgan fingerprint density at radius 3 is 2.86 bits per heavy atom. The average Bonchev–Trinajstić information content (AvgIpc) is 2.51. The van der Waals surface area contributed by atoms with Gasteiger partial charge in [0.25, 0.3) is 0 Å². The van der Waals surface area contributed by atoms with Gasteiger partial charge in [0.1, 0.15) is 6.20 Å². The van der Waals surface area contributed by atoms with Gasteiger partial charge in [-0.15, -0.1) is 0 Å². The lowest BCUT2D eigenvalue weighted by atomic mass is 10.0. The van der Waals surface area contributed by atoms with Gasteiger partial charge in [0.05, 0.1) is 4.92 Å². The summed E-state index contributed by atoms with van der Waals surface area (Å²) in [6.07, 6.45) is 4.11. The molecule has 1 fully saturated rings. The first-order chi connectivity index (χ1) is 10.2. The molecule has 1 aliphatic heterocycles. The normalized spacial score (nSPS) is 15.7. The summed E-state index contributed by atoms with van der Waals surface area (Å²) in [5, 5.41) is 17.2. The maximum Gasteiger partial charge on any atom is 0.329 e. The highest BCUT2D eigenvalue weighted by molar-refractivity contribution is 5.56. The van der Waals surface area contributed by atoms with Gasteiger partial charge in [0, 0.05) is 26.3 Å². The Morgan fingerprint density at radius 2 is 2.19 bits per heavy atom. The highest BCUT2D eigenvalue weighted by Gasteiger charge is 2.19. The highest BCUT2D eigenvalue weighted by Crippen LogP contribution is 2.23. The quantitative estimate of drug-likeness (QED) is 0.586. The van der Waals surface area contributed by atoms with Crippen molar-refractivity contribution < 1.29 is 9.66 Å². The van der Waals surface area contributed by atoms with E-state index in [1.807, 2.05) is 6.92 Å².